The molecule has 13 heteroatoms. The number of ether oxygens (including phenoxy) is 5. The maximum atomic E-state index is 13.9. The first-order chi connectivity index (χ1) is 18.8. The van der Waals surface area contributed by atoms with Crippen LogP contribution in [0.2, 0.25) is 5.02 Å². The van der Waals surface area contributed by atoms with Crippen molar-refractivity contribution >= 4 is 39.4 Å². The van der Waals surface area contributed by atoms with Gasteiger partial charge in [0.25, 0.3) is 15.9 Å². The number of hydrogen-bond acceptors (Lipinski definition) is 9. The number of sulfonamides is 1. The molecule has 3 aromatic rings. The van der Waals surface area contributed by atoms with Gasteiger partial charge in [-0.15, -0.1) is 0 Å². The minimum Gasteiger partial charge on any atom is -0.495 e. The van der Waals surface area contributed by atoms with Gasteiger partial charge in [-0.05, 0) is 42.5 Å². The van der Waals surface area contributed by atoms with Crippen LogP contribution in [0.3, 0.4) is 0 Å². The Morgan fingerprint density at radius 1 is 1.00 bits per heavy atom. The Hall–Kier alpha value is -4.16. The van der Waals surface area contributed by atoms with Gasteiger partial charge in [-0.2, -0.15) is 5.10 Å². The Morgan fingerprint density at radius 3 is 2.46 bits per heavy atom. The summed E-state index contributed by atoms with van der Waals surface area (Å²) in [5.74, 6) is 1.07. The molecule has 1 N–H and O–H groups in total. The van der Waals surface area contributed by atoms with Crippen molar-refractivity contribution in [2.24, 2.45) is 5.10 Å². The molecule has 39 heavy (non-hydrogen) atoms. The average molecular weight is 576 g/mol. The van der Waals surface area contributed by atoms with Crippen molar-refractivity contribution in [3.05, 3.63) is 65.2 Å². The number of amides is 1. The summed E-state index contributed by atoms with van der Waals surface area (Å²) in [7, 11) is -0.134. The van der Waals surface area contributed by atoms with Gasteiger partial charge in [-0.3, -0.25) is 9.10 Å². The van der Waals surface area contributed by atoms with Gasteiger partial charge in [0.2, 0.25) is 0 Å². The lowest BCUT2D eigenvalue weighted by Gasteiger charge is -2.25. The minimum absolute atomic E-state index is 0.0570. The lowest BCUT2D eigenvalue weighted by atomic mass is 10.2. The SMILES string of the molecule is COc1ccc(S(=O)(=O)N(CC(=O)N/N=C\c2cccc3c2OCCO3)c2cc(Cl)ccc2OC)cc1OC. The third-order valence-electron chi connectivity index (χ3n) is 5.63. The lowest BCUT2D eigenvalue weighted by molar-refractivity contribution is -0.119. The highest BCUT2D eigenvalue weighted by atomic mass is 35.5. The second-order valence-corrected chi connectivity index (χ2v) is 10.3. The summed E-state index contributed by atoms with van der Waals surface area (Å²) in [5.41, 5.74) is 3.00. The van der Waals surface area contributed by atoms with Gasteiger partial charge in [0, 0.05) is 16.7 Å². The van der Waals surface area contributed by atoms with E-state index in [4.69, 9.17) is 35.3 Å². The number of nitrogens with zero attached hydrogens (tertiary/aromatic N) is 2. The first-order valence-electron chi connectivity index (χ1n) is 11.6. The first kappa shape index (κ1) is 27.9. The number of fused-ring (bicyclic) bond motifs is 1. The topological polar surface area (TPSA) is 125 Å². The zero-order valence-corrected chi connectivity index (χ0v) is 22.9. The van der Waals surface area contributed by atoms with Crippen LogP contribution < -0.4 is 33.4 Å². The summed E-state index contributed by atoms with van der Waals surface area (Å²) < 4.78 is 55.6. The number of nitrogens with one attached hydrogen (secondary N) is 1. The Bertz CT molecular complexity index is 1500. The average Bonchev–Trinajstić information content (AvgIpc) is 2.95. The Morgan fingerprint density at radius 2 is 1.72 bits per heavy atom. The highest BCUT2D eigenvalue weighted by Gasteiger charge is 2.30. The predicted octanol–water partition coefficient (Wildman–Crippen LogP) is 3.48. The molecule has 0 bridgehead atoms. The van der Waals surface area contributed by atoms with E-state index in [0.29, 0.717) is 36.0 Å². The number of hydrogen-bond donors (Lipinski definition) is 1. The monoisotopic (exact) mass is 575 g/mol. The van der Waals surface area contributed by atoms with Crippen molar-refractivity contribution < 1.29 is 36.9 Å². The number of rotatable bonds is 10. The van der Waals surface area contributed by atoms with Crippen LogP contribution in [0.4, 0.5) is 5.69 Å². The minimum atomic E-state index is -4.34. The number of halogens is 1. The van der Waals surface area contributed by atoms with Crippen LogP contribution in [0, 0.1) is 0 Å². The van der Waals surface area contributed by atoms with E-state index in [1.807, 2.05) is 0 Å². The van der Waals surface area contributed by atoms with Crippen LogP contribution in [0.15, 0.2) is 64.6 Å². The molecular formula is C26H26ClN3O8S. The third-order valence-corrected chi connectivity index (χ3v) is 7.62. The number of benzene rings is 3. The summed E-state index contributed by atoms with van der Waals surface area (Å²) in [6.45, 7) is 0.174. The van der Waals surface area contributed by atoms with E-state index in [-0.39, 0.29) is 27.1 Å². The standard InChI is InChI=1S/C26H26ClN3O8S/c1-34-21-9-7-18(27)13-20(21)30(39(32,33)19-8-10-22(35-2)24(14-19)36-3)16-25(31)29-28-15-17-5-4-6-23-26(17)38-12-11-37-23/h4-10,13-15H,11-12,16H2,1-3H3,(H,29,31)/b28-15-. The van der Waals surface area contributed by atoms with E-state index in [1.165, 1.54) is 57.9 Å². The van der Waals surface area contributed by atoms with Gasteiger partial charge in [0.1, 0.15) is 25.5 Å². The number of para-hydroxylation sites is 1. The Balaban J connectivity index is 1.65. The molecule has 0 saturated carbocycles. The van der Waals surface area contributed by atoms with Crippen LogP contribution in [-0.4, -0.2) is 61.6 Å². The normalized spacial score (nSPS) is 12.6. The van der Waals surface area contributed by atoms with Crippen LogP contribution in [0.25, 0.3) is 0 Å². The van der Waals surface area contributed by atoms with Crippen LogP contribution in [0.1, 0.15) is 5.56 Å². The maximum Gasteiger partial charge on any atom is 0.265 e. The molecule has 1 aliphatic heterocycles. The number of carbonyl (C=O) groups is 1. The van der Waals surface area contributed by atoms with Crippen LogP contribution in [0.5, 0.6) is 28.7 Å². The number of hydrazone groups is 1. The lowest BCUT2D eigenvalue weighted by Crippen LogP contribution is -2.39. The van der Waals surface area contributed by atoms with Crippen LogP contribution >= 0.6 is 11.6 Å². The van der Waals surface area contributed by atoms with Gasteiger partial charge in [-0.25, -0.2) is 13.8 Å². The zero-order chi connectivity index (χ0) is 28.0. The zero-order valence-electron chi connectivity index (χ0n) is 21.3. The van der Waals surface area contributed by atoms with E-state index < -0.39 is 22.5 Å². The van der Waals surface area contributed by atoms with Gasteiger partial charge in [-0.1, -0.05) is 17.7 Å². The van der Waals surface area contributed by atoms with Gasteiger partial charge >= 0.3 is 0 Å². The molecule has 11 nitrogen and oxygen atoms in total. The molecule has 1 heterocycles. The number of methoxy groups -OCH3 is 3. The van der Waals surface area contributed by atoms with Gasteiger partial charge < -0.3 is 23.7 Å². The van der Waals surface area contributed by atoms with E-state index in [1.54, 1.807) is 24.3 Å². The summed E-state index contributed by atoms with van der Waals surface area (Å²) >= 11 is 6.19. The molecule has 1 amide bonds. The molecule has 3 aromatic carbocycles. The first-order valence-corrected chi connectivity index (χ1v) is 13.4. The quantitative estimate of drug-likeness (QED) is 0.288. The molecule has 0 radical (unpaired) electrons. The molecule has 0 aromatic heterocycles. The molecule has 4 rings (SSSR count). The molecule has 0 atom stereocenters. The van der Waals surface area contributed by atoms with Crippen molar-refractivity contribution in [3.63, 3.8) is 0 Å². The van der Waals surface area contributed by atoms with Gasteiger partial charge in [0.15, 0.2) is 23.0 Å². The van der Waals surface area contributed by atoms with Crippen LogP contribution in [-0.2, 0) is 14.8 Å². The van der Waals surface area contributed by atoms with Crippen molar-refractivity contribution in [3.8, 4) is 28.7 Å². The molecule has 1 aliphatic rings. The summed E-state index contributed by atoms with van der Waals surface area (Å²) in [4.78, 5) is 12.8. The fourth-order valence-corrected chi connectivity index (χ4v) is 5.41. The summed E-state index contributed by atoms with van der Waals surface area (Å²) in [6, 6.07) is 13.8. The second kappa shape index (κ2) is 12.1. The smallest absolute Gasteiger partial charge is 0.265 e. The molecule has 0 saturated heterocycles. The number of anilines is 1. The molecule has 206 valence electrons. The van der Waals surface area contributed by atoms with Crippen molar-refractivity contribution in [1.82, 2.24) is 5.43 Å². The summed E-state index contributed by atoms with van der Waals surface area (Å²) in [6.07, 6.45) is 1.39. The number of carbonyl (C=O) groups excluding carboxylic acids is 1. The molecule has 0 aliphatic carbocycles. The van der Waals surface area contributed by atoms with Crippen molar-refractivity contribution in [2.45, 2.75) is 4.90 Å². The fourth-order valence-electron chi connectivity index (χ4n) is 3.80. The molecule has 0 spiro atoms. The fraction of sp³-hybridized carbons (Fsp3) is 0.231. The Labute approximate surface area is 230 Å². The highest BCUT2D eigenvalue weighted by molar-refractivity contribution is 7.92. The van der Waals surface area contributed by atoms with Crippen molar-refractivity contribution in [2.75, 3.05) is 45.4 Å². The second-order valence-electron chi connectivity index (χ2n) is 8.01. The van der Waals surface area contributed by atoms with Gasteiger partial charge in [0.05, 0.1) is 38.1 Å². The molecule has 0 unspecified atom stereocenters. The van der Waals surface area contributed by atoms with E-state index in [0.717, 1.165) is 4.31 Å². The third kappa shape index (κ3) is 6.13. The maximum absolute atomic E-state index is 13.9. The molecular weight excluding hydrogens is 550 g/mol. The summed E-state index contributed by atoms with van der Waals surface area (Å²) in [5, 5.41) is 4.23. The molecule has 0 fully saturated rings. The van der Waals surface area contributed by atoms with E-state index in [9.17, 15) is 13.2 Å². The largest absolute Gasteiger partial charge is 0.495 e. The van der Waals surface area contributed by atoms with E-state index >= 15 is 0 Å². The van der Waals surface area contributed by atoms with E-state index in [2.05, 4.69) is 10.5 Å². The predicted molar refractivity (Wildman–Crippen MR) is 145 cm³/mol. The Kier molecular flexibility index (Phi) is 8.67. The van der Waals surface area contributed by atoms with Crippen molar-refractivity contribution in [1.29, 1.82) is 0 Å². The highest BCUT2D eigenvalue weighted by Crippen LogP contribution is 2.37.